The Morgan fingerprint density at radius 2 is 1.76 bits per heavy atom. The zero-order chi connectivity index (χ0) is 28.6. The molecule has 6 rings (SSSR count). The number of anilines is 1. The Kier molecular flexibility index (Phi) is 7.42. The zero-order valence-electron chi connectivity index (χ0n) is 23.2. The number of ether oxygens (including phenoxy) is 2. The molecule has 0 N–H and O–H groups in total. The van der Waals surface area contributed by atoms with Gasteiger partial charge in [-0.15, -0.1) is 0 Å². The first-order valence-electron chi connectivity index (χ1n) is 13.9. The van der Waals surface area contributed by atoms with Crippen LogP contribution >= 0.6 is 0 Å². The van der Waals surface area contributed by atoms with Gasteiger partial charge < -0.3 is 18.9 Å². The molecule has 1 saturated heterocycles. The predicted octanol–water partition coefficient (Wildman–Crippen LogP) is 4.96. The smallest absolute Gasteiger partial charge is 0.258 e. The van der Waals surface area contributed by atoms with E-state index in [0.717, 1.165) is 33.5 Å². The lowest BCUT2D eigenvalue weighted by atomic mass is 10.0. The van der Waals surface area contributed by atoms with Crippen LogP contribution in [0.25, 0.3) is 22.6 Å². The molecule has 2 aliphatic rings. The van der Waals surface area contributed by atoms with Gasteiger partial charge in [-0.25, -0.2) is 8.42 Å². The Balaban J connectivity index is 1.36. The van der Waals surface area contributed by atoms with Gasteiger partial charge >= 0.3 is 0 Å². The third kappa shape index (κ3) is 5.05. The van der Waals surface area contributed by atoms with E-state index in [1.165, 1.54) is 4.31 Å². The number of nitrogens with zero attached hydrogens (tertiary/aromatic N) is 3. The summed E-state index contributed by atoms with van der Waals surface area (Å²) in [7, 11) is -3.71. The molecule has 0 saturated carbocycles. The van der Waals surface area contributed by atoms with Gasteiger partial charge in [0.1, 0.15) is 12.4 Å². The monoisotopic (exact) mass is 571 g/mol. The van der Waals surface area contributed by atoms with Gasteiger partial charge in [0.05, 0.1) is 30.3 Å². The first-order chi connectivity index (χ1) is 19.9. The molecule has 0 bridgehead atoms. The molecule has 0 aliphatic carbocycles. The van der Waals surface area contributed by atoms with Crippen molar-refractivity contribution in [2.75, 3.05) is 44.4 Å². The Hall–Kier alpha value is -3.92. The number of sulfonamides is 1. The molecule has 4 aromatic rings. The van der Waals surface area contributed by atoms with E-state index in [4.69, 9.17) is 9.47 Å². The van der Waals surface area contributed by atoms with Crippen molar-refractivity contribution in [3.63, 3.8) is 0 Å². The fourth-order valence-corrected chi connectivity index (χ4v) is 7.02. The summed E-state index contributed by atoms with van der Waals surface area (Å²) in [6.07, 6.45) is 3.93. The summed E-state index contributed by atoms with van der Waals surface area (Å²) in [6, 6.07) is 21.0. The molecule has 1 aromatic heterocycles. The number of likely N-dealkylation sites (N-methyl/N-ethyl adjacent to an activating group) is 1. The van der Waals surface area contributed by atoms with E-state index in [1.54, 1.807) is 23.1 Å². The maximum Gasteiger partial charge on any atom is 0.258 e. The van der Waals surface area contributed by atoms with E-state index in [0.29, 0.717) is 57.1 Å². The summed E-state index contributed by atoms with van der Waals surface area (Å²) in [6.45, 7) is 6.93. The molecule has 41 heavy (non-hydrogen) atoms. The molecule has 0 spiro atoms. The van der Waals surface area contributed by atoms with Crippen LogP contribution in [0.3, 0.4) is 0 Å². The largest absolute Gasteiger partial charge is 0.491 e. The highest BCUT2D eigenvalue weighted by molar-refractivity contribution is 7.89. The minimum atomic E-state index is -3.71. The fourth-order valence-electron chi connectivity index (χ4n) is 5.59. The van der Waals surface area contributed by atoms with E-state index < -0.39 is 10.0 Å². The Morgan fingerprint density at radius 3 is 2.54 bits per heavy atom. The normalized spacial score (nSPS) is 17.0. The zero-order valence-corrected chi connectivity index (χ0v) is 24.1. The maximum absolute atomic E-state index is 13.6. The predicted molar refractivity (Wildman–Crippen MR) is 161 cm³/mol. The highest BCUT2D eigenvalue weighted by atomic mass is 32.2. The second-order valence-electron chi connectivity index (χ2n) is 10.2. The van der Waals surface area contributed by atoms with Gasteiger partial charge in [-0.05, 0) is 55.8 Å². The molecule has 2 aliphatic heterocycles. The minimum Gasteiger partial charge on any atom is -0.491 e. The van der Waals surface area contributed by atoms with Crippen LogP contribution in [0.2, 0.25) is 0 Å². The lowest BCUT2D eigenvalue weighted by Gasteiger charge is -2.26. The number of hydrogen-bond acceptors (Lipinski definition) is 5. The van der Waals surface area contributed by atoms with Crippen LogP contribution in [-0.2, 0) is 26.1 Å². The third-order valence-corrected chi connectivity index (χ3v) is 9.65. The fraction of sp³-hybridized carbons (Fsp3) is 0.281. The summed E-state index contributed by atoms with van der Waals surface area (Å²) in [5.74, 6) is 0.727. The molecule has 8 nitrogen and oxygen atoms in total. The Morgan fingerprint density at radius 1 is 1.00 bits per heavy atom. The maximum atomic E-state index is 13.6. The van der Waals surface area contributed by atoms with Crippen LogP contribution in [-0.4, -0.2) is 62.7 Å². The number of carbonyl (C=O) groups excluding carboxylic acids is 1. The first kappa shape index (κ1) is 27.3. The number of benzene rings is 3. The number of aromatic nitrogens is 1. The Bertz CT molecular complexity index is 1750. The highest BCUT2D eigenvalue weighted by Crippen LogP contribution is 2.40. The van der Waals surface area contributed by atoms with Gasteiger partial charge in [0.25, 0.3) is 5.91 Å². The van der Waals surface area contributed by atoms with Crippen LogP contribution in [0.15, 0.2) is 77.8 Å². The third-order valence-electron chi connectivity index (χ3n) is 7.75. The van der Waals surface area contributed by atoms with Crippen molar-refractivity contribution in [1.29, 1.82) is 0 Å². The molecular weight excluding hydrogens is 538 g/mol. The van der Waals surface area contributed by atoms with Crippen molar-refractivity contribution in [1.82, 2.24) is 8.87 Å². The molecular formula is C32H33N3O5S. The molecule has 0 radical (unpaired) electrons. The molecule has 3 aromatic carbocycles. The van der Waals surface area contributed by atoms with E-state index in [2.05, 4.69) is 10.6 Å². The summed E-state index contributed by atoms with van der Waals surface area (Å²) in [5, 5.41) is 1.01. The number of rotatable bonds is 8. The van der Waals surface area contributed by atoms with Gasteiger partial charge in [0, 0.05) is 53.4 Å². The number of aryl methyl sites for hydroxylation is 1. The van der Waals surface area contributed by atoms with Crippen molar-refractivity contribution in [3.05, 3.63) is 89.6 Å². The molecule has 3 heterocycles. The van der Waals surface area contributed by atoms with Crippen LogP contribution in [0.1, 0.15) is 23.6 Å². The minimum absolute atomic E-state index is 0.136. The standard InChI is InChI=1S/C32H33N3O5S/c1-3-35-30-13-12-25(41(37,38)34-15-17-39-18-16-34)21-27(30)28(32(35)36)20-24-22-33(29-10-6-5-9-26(24)29)14-19-40-31-11-7-4-8-23(31)2/h4-13,20-22H,3,14-19H2,1-2H3/b28-20-. The van der Waals surface area contributed by atoms with Crippen LogP contribution < -0.4 is 9.64 Å². The molecule has 1 amide bonds. The molecule has 0 unspecified atom stereocenters. The van der Waals surface area contributed by atoms with E-state index in [9.17, 15) is 13.2 Å². The van der Waals surface area contributed by atoms with Gasteiger partial charge in [-0.1, -0.05) is 36.4 Å². The highest BCUT2D eigenvalue weighted by Gasteiger charge is 2.34. The second kappa shape index (κ2) is 11.2. The number of fused-ring (bicyclic) bond motifs is 2. The number of carbonyl (C=O) groups is 1. The lowest BCUT2D eigenvalue weighted by molar-refractivity contribution is -0.112. The topological polar surface area (TPSA) is 81.1 Å². The van der Waals surface area contributed by atoms with Gasteiger partial charge in [-0.2, -0.15) is 4.31 Å². The summed E-state index contributed by atoms with van der Waals surface area (Å²) < 4.78 is 41.8. The van der Waals surface area contributed by atoms with Gasteiger partial charge in [0.2, 0.25) is 10.0 Å². The molecule has 212 valence electrons. The average Bonchev–Trinajstić information content (AvgIpc) is 3.48. The summed E-state index contributed by atoms with van der Waals surface area (Å²) in [5.41, 5.74) is 4.86. The van der Waals surface area contributed by atoms with Gasteiger partial charge in [0.15, 0.2) is 0 Å². The van der Waals surface area contributed by atoms with Crippen molar-refractivity contribution in [2.45, 2.75) is 25.3 Å². The number of para-hydroxylation sites is 2. The van der Waals surface area contributed by atoms with Crippen LogP contribution in [0, 0.1) is 6.92 Å². The van der Waals surface area contributed by atoms with Crippen LogP contribution in [0.4, 0.5) is 5.69 Å². The average molecular weight is 572 g/mol. The Labute approximate surface area is 240 Å². The van der Waals surface area contributed by atoms with Crippen molar-refractivity contribution in [3.8, 4) is 5.75 Å². The van der Waals surface area contributed by atoms with E-state index >= 15 is 0 Å². The molecule has 0 atom stereocenters. The van der Waals surface area contributed by atoms with Crippen molar-refractivity contribution in [2.24, 2.45) is 0 Å². The van der Waals surface area contributed by atoms with E-state index in [1.807, 2.05) is 68.6 Å². The van der Waals surface area contributed by atoms with E-state index in [-0.39, 0.29) is 10.8 Å². The lowest BCUT2D eigenvalue weighted by Crippen LogP contribution is -2.40. The summed E-state index contributed by atoms with van der Waals surface area (Å²) in [4.78, 5) is 15.5. The van der Waals surface area contributed by atoms with Crippen LogP contribution in [0.5, 0.6) is 5.75 Å². The number of morpholine rings is 1. The SMILES string of the molecule is CCN1C(=O)/C(=C\c2cn(CCOc3ccccc3C)c3ccccc23)c2cc(S(=O)(=O)N3CCOCC3)ccc21. The first-order valence-corrected chi connectivity index (χ1v) is 15.3. The van der Waals surface area contributed by atoms with Crippen molar-refractivity contribution < 1.29 is 22.7 Å². The summed E-state index contributed by atoms with van der Waals surface area (Å²) >= 11 is 0. The number of amides is 1. The molecule has 1 fully saturated rings. The van der Waals surface area contributed by atoms with Crippen molar-refractivity contribution >= 4 is 44.2 Å². The number of hydrogen-bond donors (Lipinski definition) is 0. The quantitative estimate of drug-likeness (QED) is 0.280. The molecule has 9 heteroatoms. The second-order valence-corrected chi connectivity index (χ2v) is 12.1. The van der Waals surface area contributed by atoms with Gasteiger partial charge in [-0.3, -0.25) is 4.79 Å².